The van der Waals surface area contributed by atoms with E-state index in [9.17, 15) is 4.79 Å². The van der Waals surface area contributed by atoms with Gasteiger partial charge in [-0.25, -0.2) is 4.98 Å². The van der Waals surface area contributed by atoms with Gasteiger partial charge in [0.15, 0.2) is 5.78 Å². The predicted octanol–water partition coefficient (Wildman–Crippen LogP) is 4.86. The minimum absolute atomic E-state index is 0.164. The Labute approximate surface area is 161 Å². The third-order valence-electron chi connectivity index (χ3n) is 4.87. The third kappa shape index (κ3) is 3.64. The summed E-state index contributed by atoms with van der Waals surface area (Å²) in [7, 11) is 0. The van der Waals surface area contributed by atoms with Crippen LogP contribution in [0.1, 0.15) is 35.1 Å². The summed E-state index contributed by atoms with van der Waals surface area (Å²) < 4.78 is 1.06. The average molecular weight is 410 g/mol. The zero-order valence-corrected chi connectivity index (χ0v) is 15.9. The van der Waals surface area contributed by atoms with Crippen molar-refractivity contribution < 1.29 is 4.79 Å². The lowest BCUT2D eigenvalue weighted by atomic mass is 10.1. The van der Waals surface area contributed by atoms with Crippen molar-refractivity contribution in [3.63, 3.8) is 0 Å². The van der Waals surface area contributed by atoms with E-state index in [1.54, 1.807) is 0 Å². The summed E-state index contributed by atoms with van der Waals surface area (Å²) in [6.45, 7) is 1.36. The summed E-state index contributed by atoms with van der Waals surface area (Å²) in [5.74, 6) is 1.11. The number of rotatable bonds is 5. The van der Waals surface area contributed by atoms with Crippen LogP contribution >= 0.6 is 15.9 Å². The van der Waals surface area contributed by atoms with Gasteiger partial charge in [-0.15, -0.1) is 0 Å². The fourth-order valence-corrected chi connectivity index (χ4v) is 3.77. The zero-order valence-electron chi connectivity index (χ0n) is 14.4. The summed E-state index contributed by atoms with van der Waals surface area (Å²) in [6.07, 6.45) is 3.99. The highest BCUT2D eigenvalue weighted by molar-refractivity contribution is 9.10. The van der Waals surface area contributed by atoms with Gasteiger partial charge < -0.3 is 4.98 Å². The molecular formula is C21H20BrN3O. The second-order valence-corrected chi connectivity index (χ2v) is 7.52. The van der Waals surface area contributed by atoms with Crippen molar-refractivity contribution in [2.45, 2.75) is 18.9 Å². The highest BCUT2D eigenvalue weighted by Gasteiger charge is 2.29. The smallest absolute Gasteiger partial charge is 0.176 e. The molecule has 4 nitrogen and oxygen atoms in total. The molecule has 5 heteroatoms. The van der Waals surface area contributed by atoms with Gasteiger partial charge in [-0.3, -0.25) is 9.69 Å². The number of Topliss-reactive ketones (excluding diaryl/α,β-unsaturated/α-hetero) is 1. The number of H-pyrrole nitrogens is 1. The Kier molecular flexibility index (Phi) is 5.00. The van der Waals surface area contributed by atoms with Crippen molar-refractivity contribution in [1.82, 2.24) is 14.9 Å². The van der Waals surface area contributed by atoms with Crippen LogP contribution in [0.25, 0.3) is 11.3 Å². The molecule has 0 bridgehead atoms. The number of halogens is 1. The summed E-state index contributed by atoms with van der Waals surface area (Å²) >= 11 is 3.46. The SMILES string of the molecule is O=C(CN1CCC[C@H]1c1ncc(-c2ccc(Br)cc2)[nH]1)c1ccccc1. The van der Waals surface area contributed by atoms with Crippen LogP contribution in [-0.4, -0.2) is 33.7 Å². The van der Waals surface area contributed by atoms with E-state index in [0.717, 1.165) is 46.5 Å². The maximum atomic E-state index is 12.6. The number of aromatic amines is 1. The molecule has 26 heavy (non-hydrogen) atoms. The van der Waals surface area contributed by atoms with Crippen LogP contribution in [-0.2, 0) is 0 Å². The van der Waals surface area contributed by atoms with Crippen molar-refractivity contribution in [2.75, 3.05) is 13.1 Å². The van der Waals surface area contributed by atoms with E-state index in [1.807, 2.05) is 48.7 Å². The first-order chi connectivity index (χ1) is 12.7. The first-order valence-electron chi connectivity index (χ1n) is 8.84. The Morgan fingerprint density at radius 2 is 1.92 bits per heavy atom. The monoisotopic (exact) mass is 409 g/mol. The van der Waals surface area contributed by atoms with E-state index in [4.69, 9.17) is 0 Å². The molecule has 0 unspecified atom stereocenters. The molecule has 1 fully saturated rings. The van der Waals surface area contributed by atoms with Crippen molar-refractivity contribution in [1.29, 1.82) is 0 Å². The molecule has 1 aliphatic heterocycles. The summed E-state index contributed by atoms with van der Waals surface area (Å²) in [5, 5.41) is 0. The molecule has 2 aromatic carbocycles. The van der Waals surface area contributed by atoms with E-state index in [0.29, 0.717) is 6.54 Å². The van der Waals surface area contributed by atoms with Gasteiger partial charge in [-0.1, -0.05) is 58.4 Å². The van der Waals surface area contributed by atoms with Crippen LogP contribution in [0.5, 0.6) is 0 Å². The number of carbonyl (C=O) groups excluding carboxylic acids is 1. The van der Waals surface area contributed by atoms with Gasteiger partial charge in [0.1, 0.15) is 5.82 Å². The van der Waals surface area contributed by atoms with Crippen LogP contribution in [0.3, 0.4) is 0 Å². The van der Waals surface area contributed by atoms with E-state index in [1.165, 1.54) is 0 Å². The molecule has 0 aliphatic carbocycles. The van der Waals surface area contributed by atoms with Crippen LogP contribution in [0, 0.1) is 0 Å². The van der Waals surface area contributed by atoms with E-state index in [-0.39, 0.29) is 11.8 Å². The molecule has 1 atom stereocenters. The second kappa shape index (κ2) is 7.56. The van der Waals surface area contributed by atoms with Gasteiger partial charge in [-0.05, 0) is 37.1 Å². The lowest BCUT2D eigenvalue weighted by molar-refractivity contribution is 0.0919. The number of nitrogens with one attached hydrogen (secondary N) is 1. The summed E-state index contributed by atoms with van der Waals surface area (Å²) in [5.41, 5.74) is 2.89. The fourth-order valence-electron chi connectivity index (χ4n) is 3.51. The average Bonchev–Trinajstić information content (AvgIpc) is 3.32. The molecule has 1 N–H and O–H groups in total. The highest BCUT2D eigenvalue weighted by atomic mass is 79.9. The number of hydrogen-bond acceptors (Lipinski definition) is 3. The van der Waals surface area contributed by atoms with Gasteiger partial charge in [0.2, 0.25) is 0 Å². The molecule has 4 rings (SSSR count). The van der Waals surface area contributed by atoms with Crippen LogP contribution in [0.4, 0.5) is 0 Å². The Morgan fingerprint density at radius 3 is 2.69 bits per heavy atom. The molecule has 0 saturated carbocycles. The van der Waals surface area contributed by atoms with Crippen LogP contribution < -0.4 is 0 Å². The van der Waals surface area contributed by atoms with Crippen LogP contribution in [0.2, 0.25) is 0 Å². The third-order valence-corrected chi connectivity index (χ3v) is 5.40. The van der Waals surface area contributed by atoms with Crippen molar-refractivity contribution in [3.05, 3.63) is 76.7 Å². The minimum atomic E-state index is 0.164. The molecule has 132 valence electrons. The van der Waals surface area contributed by atoms with Crippen LogP contribution in [0.15, 0.2) is 65.3 Å². The Morgan fingerprint density at radius 1 is 1.15 bits per heavy atom. The number of aromatic nitrogens is 2. The Balaban J connectivity index is 1.50. The fraction of sp³-hybridized carbons (Fsp3) is 0.238. The van der Waals surface area contributed by atoms with Gasteiger partial charge in [0.05, 0.1) is 24.5 Å². The van der Waals surface area contributed by atoms with Crippen molar-refractivity contribution in [3.8, 4) is 11.3 Å². The summed E-state index contributed by atoms with van der Waals surface area (Å²) in [6, 6.07) is 17.9. The first kappa shape index (κ1) is 17.2. The lowest BCUT2D eigenvalue weighted by Gasteiger charge is -2.22. The van der Waals surface area contributed by atoms with Gasteiger partial charge in [-0.2, -0.15) is 0 Å². The Bertz CT molecular complexity index is 889. The lowest BCUT2D eigenvalue weighted by Crippen LogP contribution is -2.30. The zero-order chi connectivity index (χ0) is 17.9. The molecule has 3 aromatic rings. The quantitative estimate of drug-likeness (QED) is 0.612. The maximum Gasteiger partial charge on any atom is 0.176 e. The first-order valence-corrected chi connectivity index (χ1v) is 9.63. The topological polar surface area (TPSA) is 49.0 Å². The predicted molar refractivity (Wildman–Crippen MR) is 106 cm³/mol. The second-order valence-electron chi connectivity index (χ2n) is 6.61. The molecule has 2 heterocycles. The van der Waals surface area contributed by atoms with E-state index >= 15 is 0 Å². The maximum absolute atomic E-state index is 12.6. The number of likely N-dealkylation sites (tertiary alicyclic amines) is 1. The standard InChI is InChI=1S/C21H20BrN3O/c22-17-10-8-15(9-11-17)18-13-23-21(24-18)19-7-4-12-25(19)14-20(26)16-5-2-1-3-6-16/h1-3,5-6,8-11,13,19H,4,7,12,14H2,(H,23,24)/t19-/m0/s1. The van der Waals surface area contributed by atoms with Crippen molar-refractivity contribution in [2.24, 2.45) is 0 Å². The minimum Gasteiger partial charge on any atom is -0.341 e. The van der Waals surface area contributed by atoms with Crippen molar-refractivity contribution >= 4 is 21.7 Å². The van der Waals surface area contributed by atoms with Gasteiger partial charge in [0.25, 0.3) is 0 Å². The molecule has 0 spiro atoms. The number of imidazole rings is 1. The number of hydrogen-bond donors (Lipinski definition) is 1. The van der Waals surface area contributed by atoms with E-state index < -0.39 is 0 Å². The molecule has 0 radical (unpaired) electrons. The largest absolute Gasteiger partial charge is 0.341 e. The number of benzene rings is 2. The molecular weight excluding hydrogens is 390 g/mol. The molecule has 1 aliphatic rings. The molecule has 0 amide bonds. The molecule has 1 aromatic heterocycles. The molecule has 1 saturated heterocycles. The number of carbonyl (C=O) groups is 1. The number of ketones is 1. The number of nitrogens with zero attached hydrogens (tertiary/aromatic N) is 2. The van der Waals surface area contributed by atoms with E-state index in [2.05, 4.69) is 42.9 Å². The highest BCUT2D eigenvalue weighted by Crippen LogP contribution is 2.31. The Hall–Kier alpha value is -2.24. The summed E-state index contributed by atoms with van der Waals surface area (Å²) in [4.78, 5) is 22.9. The van der Waals surface area contributed by atoms with Gasteiger partial charge >= 0.3 is 0 Å². The van der Waals surface area contributed by atoms with Gasteiger partial charge in [0, 0.05) is 10.0 Å². The normalized spacial score (nSPS) is 17.5.